The Labute approximate surface area is 68.2 Å². The number of ketones is 1. The Morgan fingerprint density at radius 3 is 2.82 bits per heavy atom. The Morgan fingerprint density at radius 1 is 1.55 bits per heavy atom. The van der Waals surface area contributed by atoms with Crippen molar-refractivity contribution in [1.29, 1.82) is 0 Å². The van der Waals surface area contributed by atoms with Gasteiger partial charge in [0.2, 0.25) is 0 Å². The minimum atomic E-state index is 0.413. The van der Waals surface area contributed by atoms with E-state index in [9.17, 15) is 4.79 Å². The molecule has 2 aliphatic carbocycles. The SMILES string of the molecule is CC(=O)C1CCC2(C)CC2C1. The van der Waals surface area contributed by atoms with Crippen molar-refractivity contribution in [3.8, 4) is 0 Å². The number of Topliss-reactive ketones (excluding diaryl/α,β-unsaturated/α-hetero) is 1. The van der Waals surface area contributed by atoms with Crippen molar-refractivity contribution >= 4 is 5.78 Å². The fourth-order valence-electron chi connectivity index (χ4n) is 2.51. The number of hydrogen-bond donors (Lipinski definition) is 0. The molecule has 1 nitrogen and oxygen atoms in total. The second-order valence-electron chi connectivity index (χ2n) is 4.64. The zero-order valence-corrected chi connectivity index (χ0v) is 7.39. The van der Waals surface area contributed by atoms with Crippen LogP contribution >= 0.6 is 0 Å². The van der Waals surface area contributed by atoms with Crippen molar-refractivity contribution in [3.63, 3.8) is 0 Å². The lowest BCUT2D eigenvalue weighted by Crippen LogP contribution is -2.19. The maximum Gasteiger partial charge on any atom is 0.132 e. The van der Waals surface area contributed by atoms with Crippen LogP contribution in [0.5, 0.6) is 0 Å². The van der Waals surface area contributed by atoms with Gasteiger partial charge in [0.05, 0.1) is 0 Å². The first-order valence-electron chi connectivity index (χ1n) is 4.62. The van der Waals surface area contributed by atoms with E-state index in [2.05, 4.69) is 6.92 Å². The van der Waals surface area contributed by atoms with Gasteiger partial charge < -0.3 is 0 Å². The topological polar surface area (TPSA) is 17.1 Å². The van der Waals surface area contributed by atoms with E-state index >= 15 is 0 Å². The molecule has 0 aromatic rings. The normalized spacial score (nSPS) is 48.2. The third-order valence-electron chi connectivity index (χ3n) is 3.75. The van der Waals surface area contributed by atoms with Crippen LogP contribution in [0.4, 0.5) is 0 Å². The fraction of sp³-hybridized carbons (Fsp3) is 0.900. The second kappa shape index (κ2) is 2.09. The molecule has 0 aromatic heterocycles. The van der Waals surface area contributed by atoms with Crippen molar-refractivity contribution in [2.24, 2.45) is 17.3 Å². The van der Waals surface area contributed by atoms with Crippen molar-refractivity contribution in [3.05, 3.63) is 0 Å². The number of rotatable bonds is 1. The van der Waals surface area contributed by atoms with Gasteiger partial charge in [-0.05, 0) is 43.9 Å². The van der Waals surface area contributed by atoms with Gasteiger partial charge in [-0.25, -0.2) is 0 Å². The Kier molecular flexibility index (Phi) is 1.39. The molecule has 3 unspecified atom stereocenters. The first-order valence-corrected chi connectivity index (χ1v) is 4.62. The quantitative estimate of drug-likeness (QED) is 0.564. The van der Waals surface area contributed by atoms with Gasteiger partial charge in [-0.15, -0.1) is 0 Å². The molecule has 11 heavy (non-hydrogen) atoms. The molecule has 62 valence electrons. The molecule has 2 saturated carbocycles. The Hall–Kier alpha value is -0.330. The molecule has 3 atom stereocenters. The van der Waals surface area contributed by atoms with Gasteiger partial charge in [0, 0.05) is 5.92 Å². The fourth-order valence-corrected chi connectivity index (χ4v) is 2.51. The van der Waals surface area contributed by atoms with Crippen molar-refractivity contribution in [1.82, 2.24) is 0 Å². The predicted molar refractivity (Wildman–Crippen MR) is 44.2 cm³/mol. The van der Waals surface area contributed by atoms with Gasteiger partial charge in [0.15, 0.2) is 0 Å². The second-order valence-corrected chi connectivity index (χ2v) is 4.64. The van der Waals surface area contributed by atoms with Gasteiger partial charge in [-0.3, -0.25) is 4.79 Å². The monoisotopic (exact) mass is 152 g/mol. The van der Waals surface area contributed by atoms with Gasteiger partial charge in [-0.1, -0.05) is 6.92 Å². The molecule has 2 fully saturated rings. The summed E-state index contributed by atoms with van der Waals surface area (Å²) in [7, 11) is 0. The van der Waals surface area contributed by atoms with E-state index in [0.717, 1.165) is 12.3 Å². The molecule has 1 heteroatoms. The van der Waals surface area contributed by atoms with Gasteiger partial charge in [0.1, 0.15) is 5.78 Å². The highest BCUT2D eigenvalue weighted by molar-refractivity contribution is 5.78. The Morgan fingerprint density at radius 2 is 2.27 bits per heavy atom. The number of carbonyl (C=O) groups is 1. The highest BCUT2D eigenvalue weighted by Crippen LogP contribution is 2.62. The van der Waals surface area contributed by atoms with Crippen LogP contribution in [0.2, 0.25) is 0 Å². The summed E-state index contributed by atoms with van der Waals surface area (Å²) in [5, 5.41) is 0. The van der Waals surface area contributed by atoms with Crippen molar-refractivity contribution in [2.75, 3.05) is 0 Å². The van der Waals surface area contributed by atoms with Gasteiger partial charge >= 0.3 is 0 Å². The zero-order valence-electron chi connectivity index (χ0n) is 7.39. The maximum atomic E-state index is 11.1. The summed E-state index contributed by atoms with van der Waals surface area (Å²) < 4.78 is 0. The summed E-state index contributed by atoms with van der Waals surface area (Å²) in [6.45, 7) is 4.11. The molecule has 0 saturated heterocycles. The molecule has 0 radical (unpaired) electrons. The smallest absolute Gasteiger partial charge is 0.132 e. The third-order valence-corrected chi connectivity index (χ3v) is 3.75. The summed E-state index contributed by atoms with van der Waals surface area (Å²) in [6, 6.07) is 0. The zero-order chi connectivity index (χ0) is 8.06. The molecule has 0 bridgehead atoms. The standard InChI is InChI=1S/C10H16O/c1-7(11)8-3-4-10(2)6-9(10)5-8/h8-9H,3-6H2,1-2H3. The van der Waals surface area contributed by atoms with Gasteiger partial charge in [-0.2, -0.15) is 0 Å². The van der Waals surface area contributed by atoms with E-state index in [4.69, 9.17) is 0 Å². The molecular formula is C10H16O. The molecule has 2 rings (SSSR count). The van der Waals surface area contributed by atoms with E-state index in [1.807, 2.05) is 0 Å². The van der Waals surface area contributed by atoms with E-state index in [1.54, 1.807) is 6.92 Å². The lowest BCUT2D eigenvalue weighted by Gasteiger charge is -2.23. The molecule has 2 aliphatic rings. The van der Waals surface area contributed by atoms with Crippen LogP contribution in [0.15, 0.2) is 0 Å². The largest absolute Gasteiger partial charge is 0.300 e. The summed E-state index contributed by atoms with van der Waals surface area (Å²) >= 11 is 0. The van der Waals surface area contributed by atoms with Gasteiger partial charge in [0.25, 0.3) is 0 Å². The summed E-state index contributed by atoms with van der Waals surface area (Å²) in [5.41, 5.74) is 0.659. The van der Waals surface area contributed by atoms with Crippen LogP contribution in [-0.4, -0.2) is 5.78 Å². The lowest BCUT2D eigenvalue weighted by molar-refractivity contribution is -0.121. The molecule has 0 N–H and O–H groups in total. The molecular weight excluding hydrogens is 136 g/mol. The van der Waals surface area contributed by atoms with Crippen LogP contribution in [-0.2, 0) is 4.79 Å². The highest BCUT2D eigenvalue weighted by atomic mass is 16.1. The summed E-state index contributed by atoms with van der Waals surface area (Å²) in [5.74, 6) is 1.72. The van der Waals surface area contributed by atoms with E-state index in [-0.39, 0.29) is 0 Å². The first-order chi connectivity index (χ1) is 5.12. The molecule has 0 heterocycles. The van der Waals surface area contributed by atoms with Crippen molar-refractivity contribution in [2.45, 2.75) is 39.5 Å². The first kappa shape index (κ1) is 7.33. The van der Waals surface area contributed by atoms with Crippen LogP contribution in [0.3, 0.4) is 0 Å². The van der Waals surface area contributed by atoms with Crippen LogP contribution < -0.4 is 0 Å². The number of hydrogen-bond acceptors (Lipinski definition) is 1. The predicted octanol–water partition coefficient (Wildman–Crippen LogP) is 2.40. The molecule has 0 spiro atoms. The number of fused-ring (bicyclic) bond motifs is 1. The highest BCUT2D eigenvalue weighted by Gasteiger charge is 2.53. The minimum absolute atomic E-state index is 0.413. The van der Waals surface area contributed by atoms with Crippen LogP contribution in [0.25, 0.3) is 0 Å². The van der Waals surface area contributed by atoms with E-state index in [1.165, 1.54) is 19.3 Å². The summed E-state index contributed by atoms with van der Waals surface area (Å²) in [4.78, 5) is 11.1. The molecule has 0 amide bonds. The Balaban J connectivity index is 1.98. The third kappa shape index (κ3) is 1.11. The van der Waals surface area contributed by atoms with E-state index < -0.39 is 0 Å². The average molecular weight is 152 g/mol. The van der Waals surface area contributed by atoms with Crippen LogP contribution in [0.1, 0.15) is 39.5 Å². The van der Waals surface area contributed by atoms with E-state index in [0.29, 0.717) is 17.1 Å². The summed E-state index contributed by atoms with van der Waals surface area (Å²) in [6.07, 6.45) is 5.02. The van der Waals surface area contributed by atoms with Crippen molar-refractivity contribution < 1.29 is 4.79 Å². The minimum Gasteiger partial charge on any atom is -0.300 e. The maximum absolute atomic E-state index is 11.1. The average Bonchev–Trinajstić information content (AvgIpc) is 2.58. The Bertz CT molecular complexity index is 197. The molecule has 0 aromatic carbocycles. The number of carbonyl (C=O) groups excluding carboxylic acids is 1. The van der Waals surface area contributed by atoms with Crippen LogP contribution in [0, 0.1) is 17.3 Å². The molecule has 0 aliphatic heterocycles. The lowest BCUT2D eigenvalue weighted by atomic mass is 9.81.